The zero-order chi connectivity index (χ0) is 14.4. The largest absolute Gasteiger partial charge is 0.489 e. The van der Waals surface area contributed by atoms with Gasteiger partial charge in [-0.2, -0.15) is 0 Å². The first-order valence-corrected chi connectivity index (χ1v) is 7.06. The van der Waals surface area contributed by atoms with Crippen molar-refractivity contribution in [1.82, 2.24) is 10.6 Å². The van der Waals surface area contributed by atoms with Crippen molar-refractivity contribution < 1.29 is 14.3 Å². The topological polar surface area (TPSA) is 59.6 Å². The third-order valence-corrected chi connectivity index (χ3v) is 3.13. The van der Waals surface area contributed by atoms with Crippen LogP contribution in [0.4, 0.5) is 4.79 Å². The number of cyclic esters (lactones) is 1. The fourth-order valence-electron chi connectivity index (χ4n) is 2.09. The third kappa shape index (κ3) is 4.13. The van der Waals surface area contributed by atoms with E-state index in [4.69, 9.17) is 9.47 Å². The highest BCUT2D eigenvalue weighted by molar-refractivity contribution is 5.69. The van der Waals surface area contributed by atoms with Gasteiger partial charge in [0.25, 0.3) is 0 Å². The first-order chi connectivity index (χ1) is 9.69. The molecule has 1 heterocycles. The molecule has 1 unspecified atom stereocenters. The molecule has 2 N–H and O–H groups in total. The fourth-order valence-corrected chi connectivity index (χ4v) is 2.09. The Labute approximate surface area is 119 Å². The van der Waals surface area contributed by atoms with Crippen LogP contribution >= 0.6 is 0 Å². The minimum absolute atomic E-state index is 0.208. The predicted octanol–water partition coefficient (Wildman–Crippen LogP) is 1.98. The Balaban J connectivity index is 1.93. The van der Waals surface area contributed by atoms with Crippen LogP contribution in [-0.4, -0.2) is 31.9 Å². The summed E-state index contributed by atoms with van der Waals surface area (Å²) in [7, 11) is 0. The van der Waals surface area contributed by atoms with Crippen LogP contribution < -0.4 is 15.4 Å². The first-order valence-electron chi connectivity index (χ1n) is 7.06. The predicted molar refractivity (Wildman–Crippen MR) is 76.9 cm³/mol. The number of hydrogen-bond donors (Lipinski definition) is 2. The van der Waals surface area contributed by atoms with E-state index in [1.807, 2.05) is 12.1 Å². The molecule has 2 rings (SSSR count). The summed E-state index contributed by atoms with van der Waals surface area (Å²) in [5.74, 6) is 0.849. The van der Waals surface area contributed by atoms with Crippen molar-refractivity contribution in [3.63, 3.8) is 0 Å². The van der Waals surface area contributed by atoms with Crippen LogP contribution in [0.25, 0.3) is 0 Å². The smallest absolute Gasteiger partial charge is 0.407 e. The van der Waals surface area contributed by atoms with Gasteiger partial charge in [-0.25, -0.2) is 4.79 Å². The van der Waals surface area contributed by atoms with Crippen LogP contribution in [0, 0.1) is 6.92 Å². The molecule has 1 aliphatic heterocycles. The Morgan fingerprint density at radius 1 is 1.50 bits per heavy atom. The lowest BCUT2D eigenvalue weighted by molar-refractivity contribution is 0.104. The molecule has 0 aromatic heterocycles. The molecule has 5 heteroatoms. The Morgan fingerprint density at radius 2 is 2.35 bits per heavy atom. The molecule has 0 aliphatic carbocycles. The Morgan fingerprint density at radius 3 is 3.05 bits per heavy atom. The molecule has 0 bridgehead atoms. The number of carbonyl (C=O) groups excluding carboxylic acids is 1. The Kier molecular flexibility index (Phi) is 5.24. The van der Waals surface area contributed by atoms with E-state index in [1.165, 1.54) is 5.56 Å². The second-order valence-electron chi connectivity index (χ2n) is 5.01. The van der Waals surface area contributed by atoms with Crippen molar-refractivity contribution in [1.29, 1.82) is 0 Å². The van der Waals surface area contributed by atoms with Crippen LogP contribution in [0.1, 0.15) is 24.5 Å². The van der Waals surface area contributed by atoms with Crippen LogP contribution in [0.3, 0.4) is 0 Å². The van der Waals surface area contributed by atoms with Crippen molar-refractivity contribution in [3.8, 4) is 5.75 Å². The molecule has 5 nitrogen and oxygen atoms in total. The number of amides is 1. The third-order valence-electron chi connectivity index (χ3n) is 3.13. The van der Waals surface area contributed by atoms with E-state index in [0.717, 1.165) is 30.8 Å². The summed E-state index contributed by atoms with van der Waals surface area (Å²) < 4.78 is 10.9. The minimum Gasteiger partial charge on any atom is -0.489 e. The lowest BCUT2D eigenvalue weighted by atomic mass is 10.1. The van der Waals surface area contributed by atoms with Gasteiger partial charge in [0.05, 0.1) is 6.54 Å². The van der Waals surface area contributed by atoms with Gasteiger partial charge in [0.2, 0.25) is 0 Å². The molecule has 1 atom stereocenters. The van der Waals surface area contributed by atoms with Gasteiger partial charge in [-0.1, -0.05) is 24.6 Å². The lowest BCUT2D eigenvalue weighted by Crippen LogP contribution is -2.23. The van der Waals surface area contributed by atoms with E-state index < -0.39 is 0 Å². The molecule has 1 aromatic carbocycles. The van der Waals surface area contributed by atoms with E-state index in [-0.39, 0.29) is 12.2 Å². The molecule has 0 spiro atoms. The summed E-state index contributed by atoms with van der Waals surface area (Å²) >= 11 is 0. The van der Waals surface area contributed by atoms with Crippen molar-refractivity contribution in [2.24, 2.45) is 0 Å². The zero-order valence-electron chi connectivity index (χ0n) is 12.1. The molecule has 1 amide bonds. The van der Waals surface area contributed by atoms with Crippen molar-refractivity contribution in [2.45, 2.75) is 32.9 Å². The van der Waals surface area contributed by atoms with E-state index in [2.05, 4.69) is 30.5 Å². The number of alkyl carbamates (subject to hydrolysis) is 1. The summed E-state index contributed by atoms with van der Waals surface area (Å²) in [4.78, 5) is 11.0. The molecule has 0 saturated carbocycles. The number of ether oxygens (including phenoxy) is 2. The van der Waals surface area contributed by atoms with E-state index in [9.17, 15) is 4.79 Å². The van der Waals surface area contributed by atoms with E-state index in [0.29, 0.717) is 13.2 Å². The van der Waals surface area contributed by atoms with E-state index in [1.54, 1.807) is 0 Å². The summed E-state index contributed by atoms with van der Waals surface area (Å²) in [6.45, 7) is 6.86. The number of nitrogens with one attached hydrogen (secondary N) is 2. The summed E-state index contributed by atoms with van der Waals surface area (Å²) in [6, 6.07) is 6.12. The van der Waals surface area contributed by atoms with E-state index >= 15 is 0 Å². The van der Waals surface area contributed by atoms with Gasteiger partial charge in [-0.3, -0.25) is 0 Å². The zero-order valence-corrected chi connectivity index (χ0v) is 12.1. The van der Waals surface area contributed by atoms with Gasteiger partial charge in [0, 0.05) is 12.1 Å². The SMILES string of the molecule is CCCNCc1cc(C)ccc1OCC1CNC(=O)O1. The molecular weight excluding hydrogens is 256 g/mol. The average molecular weight is 278 g/mol. The van der Waals surface area contributed by atoms with Crippen molar-refractivity contribution in [3.05, 3.63) is 29.3 Å². The normalized spacial score (nSPS) is 17.7. The van der Waals surface area contributed by atoms with Crippen LogP contribution in [0.5, 0.6) is 5.75 Å². The fraction of sp³-hybridized carbons (Fsp3) is 0.533. The van der Waals surface area contributed by atoms with Gasteiger partial charge in [-0.05, 0) is 26.0 Å². The molecule has 1 saturated heterocycles. The Bertz CT molecular complexity index is 462. The van der Waals surface area contributed by atoms with Gasteiger partial charge in [-0.15, -0.1) is 0 Å². The van der Waals surface area contributed by atoms with Crippen LogP contribution in [0.15, 0.2) is 18.2 Å². The summed E-state index contributed by atoms with van der Waals surface area (Å²) in [5, 5.41) is 5.99. The number of benzene rings is 1. The lowest BCUT2D eigenvalue weighted by Gasteiger charge is -2.15. The van der Waals surface area contributed by atoms with Gasteiger partial charge in [0.1, 0.15) is 12.4 Å². The first kappa shape index (κ1) is 14.7. The number of carbonyl (C=O) groups is 1. The standard InChI is InChI=1S/C15H22N2O3/c1-3-6-16-8-12-7-11(2)4-5-14(12)19-10-13-9-17-15(18)20-13/h4-5,7,13,16H,3,6,8-10H2,1-2H3,(H,17,18). The van der Waals surface area contributed by atoms with Gasteiger partial charge >= 0.3 is 6.09 Å². The monoisotopic (exact) mass is 278 g/mol. The second-order valence-corrected chi connectivity index (χ2v) is 5.01. The van der Waals surface area contributed by atoms with Crippen LogP contribution in [-0.2, 0) is 11.3 Å². The molecule has 1 fully saturated rings. The van der Waals surface area contributed by atoms with Crippen molar-refractivity contribution >= 4 is 6.09 Å². The quantitative estimate of drug-likeness (QED) is 0.749. The number of rotatable bonds is 7. The average Bonchev–Trinajstić information content (AvgIpc) is 2.84. The number of hydrogen-bond acceptors (Lipinski definition) is 4. The van der Waals surface area contributed by atoms with Crippen molar-refractivity contribution in [2.75, 3.05) is 19.7 Å². The molecular formula is C15H22N2O3. The number of aryl methyl sites for hydroxylation is 1. The maximum atomic E-state index is 11.0. The molecule has 110 valence electrons. The maximum Gasteiger partial charge on any atom is 0.407 e. The highest BCUT2D eigenvalue weighted by atomic mass is 16.6. The molecule has 1 aromatic rings. The highest BCUT2D eigenvalue weighted by Crippen LogP contribution is 2.20. The molecule has 20 heavy (non-hydrogen) atoms. The summed E-state index contributed by atoms with van der Waals surface area (Å²) in [5.41, 5.74) is 2.34. The second kappa shape index (κ2) is 7.14. The van der Waals surface area contributed by atoms with Gasteiger partial charge < -0.3 is 20.1 Å². The molecule has 1 aliphatic rings. The highest BCUT2D eigenvalue weighted by Gasteiger charge is 2.23. The van der Waals surface area contributed by atoms with Crippen LogP contribution in [0.2, 0.25) is 0 Å². The van der Waals surface area contributed by atoms with Gasteiger partial charge in [0.15, 0.2) is 6.10 Å². The maximum absolute atomic E-state index is 11.0. The molecule has 0 radical (unpaired) electrons. The summed E-state index contributed by atoms with van der Waals surface area (Å²) in [6.07, 6.45) is 0.527. The minimum atomic E-state index is -0.368. The Hall–Kier alpha value is -1.75.